The van der Waals surface area contributed by atoms with Gasteiger partial charge in [0, 0.05) is 6.54 Å². The largest absolute Gasteiger partial charge is 0.374 e. The van der Waals surface area contributed by atoms with Gasteiger partial charge in [-0.15, -0.1) is 0 Å². The summed E-state index contributed by atoms with van der Waals surface area (Å²) < 4.78 is 6.06. The molecule has 0 heterocycles. The zero-order chi connectivity index (χ0) is 12.6. The van der Waals surface area contributed by atoms with Crippen LogP contribution in [0.4, 0.5) is 0 Å². The number of hydrogen-bond acceptors (Lipinski definition) is 2. The molecule has 1 aliphatic rings. The van der Waals surface area contributed by atoms with E-state index in [0.717, 1.165) is 19.7 Å². The second-order valence-electron chi connectivity index (χ2n) is 5.12. The van der Waals surface area contributed by atoms with Crippen LogP contribution in [0.5, 0.6) is 0 Å². The van der Waals surface area contributed by atoms with Crippen molar-refractivity contribution in [3.05, 3.63) is 35.4 Å². The summed E-state index contributed by atoms with van der Waals surface area (Å²) in [5, 5.41) is 3.39. The Morgan fingerprint density at radius 1 is 1.11 bits per heavy atom. The minimum absolute atomic E-state index is 0.492. The van der Waals surface area contributed by atoms with Crippen LogP contribution in [0.25, 0.3) is 0 Å². The number of rotatable bonds is 6. The van der Waals surface area contributed by atoms with E-state index in [1.54, 1.807) is 0 Å². The molecule has 100 valence electrons. The first kappa shape index (κ1) is 13.6. The van der Waals surface area contributed by atoms with Gasteiger partial charge in [0.1, 0.15) is 0 Å². The maximum atomic E-state index is 6.06. The van der Waals surface area contributed by atoms with Crippen LogP contribution in [-0.2, 0) is 17.9 Å². The molecule has 0 spiro atoms. The van der Waals surface area contributed by atoms with E-state index in [9.17, 15) is 0 Å². The van der Waals surface area contributed by atoms with Crippen molar-refractivity contribution in [3.8, 4) is 0 Å². The molecule has 0 aliphatic heterocycles. The van der Waals surface area contributed by atoms with Crippen molar-refractivity contribution in [1.29, 1.82) is 0 Å². The SMILES string of the molecule is CCNCc1ccccc1COC1CCCCC1. The minimum Gasteiger partial charge on any atom is -0.374 e. The first-order chi connectivity index (χ1) is 8.90. The summed E-state index contributed by atoms with van der Waals surface area (Å²) in [6, 6.07) is 8.60. The van der Waals surface area contributed by atoms with Crippen molar-refractivity contribution in [3.63, 3.8) is 0 Å². The van der Waals surface area contributed by atoms with Crippen molar-refractivity contribution >= 4 is 0 Å². The lowest BCUT2D eigenvalue weighted by Gasteiger charge is -2.22. The van der Waals surface area contributed by atoms with Gasteiger partial charge in [0.15, 0.2) is 0 Å². The molecule has 1 aromatic carbocycles. The van der Waals surface area contributed by atoms with Crippen molar-refractivity contribution in [2.24, 2.45) is 0 Å². The van der Waals surface area contributed by atoms with Gasteiger partial charge in [0.25, 0.3) is 0 Å². The Kier molecular flexibility index (Phi) is 5.69. The Hall–Kier alpha value is -0.860. The highest BCUT2D eigenvalue weighted by molar-refractivity contribution is 5.26. The van der Waals surface area contributed by atoms with Crippen molar-refractivity contribution in [2.45, 2.75) is 58.3 Å². The van der Waals surface area contributed by atoms with Gasteiger partial charge in [-0.25, -0.2) is 0 Å². The average Bonchev–Trinajstić information content (AvgIpc) is 2.45. The fourth-order valence-corrected chi connectivity index (χ4v) is 2.57. The smallest absolute Gasteiger partial charge is 0.0723 e. The summed E-state index contributed by atoms with van der Waals surface area (Å²) in [7, 11) is 0. The molecule has 1 saturated carbocycles. The Balaban J connectivity index is 1.87. The van der Waals surface area contributed by atoms with Gasteiger partial charge < -0.3 is 10.1 Å². The first-order valence-electron chi connectivity index (χ1n) is 7.29. The Labute approximate surface area is 111 Å². The molecule has 2 nitrogen and oxygen atoms in total. The molecule has 2 rings (SSSR count). The fraction of sp³-hybridized carbons (Fsp3) is 0.625. The van der Waals surface area contributed by atoms with Crippen molar-refractivity contribution in [2.75, 3.05) is 6.54 Å². The number of ether oxygens (including phenoxy) is 1. The molecule has 0 saturated heterocycles. The van der Waals surface area contributed by atoms with E-state index in [4.69, 9.17) is 4.74 Å². The number of hydrogen-bond donors (Lipinski definition) is 1. The zero-order valence-corrected chi connectivity index (χ0v) is 11.5. The summed E-state index contributed by atoms with van der Waals surface area (Å²) in [5.41, 5.74) is 2.71. The third-order valence-corrected chi connectivity index (χ3v) is 3.71. The highest BCUT2D eigenvalue weighted by Gasteiger charge is 2.14. The fourth-order valence-electron chi connectivity index (χ4n) is 2.57. The molecule has 2 heteroatoms. The van der Waals surface area contributed by atoms with Crippen LogP contribution < -0.4 is 5.32 Å². The summed E-state index contributed by atoms with van der Waals surface area (Å²) in [6.07, 6.45) is 7.04. The van der Waals surface area contributed by atoms with E-state index >= 15 is 0 Å². The number of nitrogens with one attached hydrogen (secondary N) is 1. The summed E-state index contributed by atoms with van der Waals surface area (Å²) in [4.78, 5) is 0. The highest BCUT2D eigenvalue weighted by Crippen LogP contribution is 2.22. The standard InChI is InChI=1S/C16H25NO/c1-2-17-12-14-8-6-7-9-15(14)13-18-16-10-4-3-5-11-16/h6-9,16-17H,2-5,10-13H2,1H3. The monoisotopic (exact) mass is 247 g/mol. The van der Waals surface area contributed by atoms with Crippen LogP contribution in [0.2, 0.25) is 0 Å². The van der Waals surface area contributed by atoms with E-state index in [1.165, 1.54) is 43.2 Å². The lowest BCUT2D eigenvalue weighted by atomic mass is 9.98. The van der Waals surface area contributed by atoms with E-state index in [0.29, 0.717) is 6.10 Å². The third kappa shape index (κ3) is 4.11. The molecule has 1 fully saturated rings. The first-order valence-corrected chi connectivity index (χ1v) is 7.29. The molecule has 0 radical (unpaired) electrons. The second kappa shape index (κ2) is 7.55. The molecule has 0 bridgehead atoms. The maximum absolute atomic E-state index is 6.06. The van der Waals surface area contributed by atoms with Gasteiger partial charge in [-0.2, -0.15) is 0 Å². The van der Waals surface area contributed by atoms with Gasteiger partial charge in [-0.3, -0.25) is 0 Å². The second-order valence-corrected chi connectivity index (χ2v) is 5.12. The Bertz CT molecular complexity index is 345. The predicted octanol–water partition coefficient (Wildman–Crippen LogP) is 3.65. The molecule has 0 amide bonds. The molecule has 0 aromatic heterocycles. The summed E-state index contributed by atoms with van der Waals surface area (Å²) in [6.45, 7) is 4.87. The van der Waals surface area contributed by atoms with Gasteiger partial charge in [-0.05, 0) is 30.5 Å². The van der Waals surface area contributed by atoms with E-state index in [2.05, 4.69) is 36.5 Å². The minimum atomic E-state index is 0.492. The molecule has 1 aliphatic carbocycles. The van der Waals surface area contributed by atoms with Crippen molar-refractivity contribution in [1.82, 2.24) is 5.32 Å². The van der Waals surface area contributed by atoms with Gasteiger partial charge in [-0.1, -0.05) is 50.5 Å². The van der Waals surface area contributed by atoms with Crippen molar-refractivity contribution < 1.29 is 4.74 Å². The lowest BCUT2D eigenvalue weighted by molar-refractivity contribution is 0.0165. The molecular weight excluding hydrogens is 222 g/mol. The molecule has 0 atom stereocenters. The average molecular weight is 247 g/mol. The quantitative estimate of drug-likeness (QED) is 0.828. The molecule has 1 aromatic rings. The van der Waals surface area contributed by atoms with Gasteiger partial charge in [0.05, 0.1) is 12.7 Å². The van der Waals surface area contributed by atoms with Crippen LogP contribution in [-0.4, -0.2) is 12.6 Å². The van der Waals surface area contributed by atoms with Gasteiger partial charge >= 0.3 is 0 Å². The Morgan fingerprint density at radius 3 is 2.56 bits per heavy atom. The summed E-state index contributed by atoms with van der Waals surface area (Å²) in [5.74, 6) is 0. The topological polar surface area (TPSA) is 21.3 Å². The Morgan fingerprint density at radius 2 is 1.83 bits per heavy atom. The van der Waals surface area contributed by atoms with E-state index in [-0.39, 0.29) is 0 Å². The molecule has 1 N–H and O–H groups in total. The normalized spacial score (nSPS) is 16.9. The van der Waals surface area contributed by atoms with Gasteiger partial charge in [0.2, 0.25) is 0 Å². The van der Waals surface area contributed by atoms with Crippen LogP contribution in [0.15, 0.2) is 24.3 Å². The summed E-state index contributed by atoms with van der Waals surface area (Å²) >= 11 is 0. The van der Waals surface area contributed by atoms with Crippen LogP contribution in [0, 0.1) is 0 Å². The van der Waals surface area contributed by atoms with E-state index in [1.807, 2.05) is 0 Å². The predicted molar refractivity (Wildman–Crippen MR) is 75.5 cm³/mol. The lowest BCUT2D eigenvalue weighted by Crippen LogP contribution is -2.18. The zero-order valence-electron chi connectivity index (χ0n) is 11.5. The number of benzene rings is 1. The third-order valence-electron chi connectivity index (χ3n) is 3.71. The molecule has 18 heavy (non-hydrogen) atoms. The molecule has 0 unspecified atom stereocenters. The van der Waals surface area contributed by atoms with E-state index < -0.39 is 0 Å². The maximum Gasteiger partial charge on any atom is 0.0723 e. The van der Waals surface area contributed by atoms with Crippen LogP contribution in [0.1, 0.15) is 50.2 Å². The van der Waals surface area contributed by atoms with Crippen LogP contribution in [0.3, 0.4) is 0 Å². The highest BCUT2D eigenvalue weighted by atomic mass is 16.5. The molecular formula is C16H25NO. The van der Waals surface area contributed by atoms with Crippen LogP contribution >= 0.6 is 0 Å².